The molecular formula is C14H13ClN4S. The van der Waals surface area contributed by atoms with Gasteiger partial charge in [0.05, 0.1) is 10.6 Å². The van der Waals surface area contributed by atoms with E-state index in [0.29, 0.717) is 0 Å². The Kier molecular flexibility index (Phi) is 4.08. The van der Waals surface area contributed by atoms with Crippen molar-refractivity contribution in [3.8, 4) is 0 Å². The topological polar surface area (TPSA) is 49.3 Å². The quantitative estimate of drug-likeness (QED) is 0.854. The minimum atomic E-state index is 0.717. The maximum atomic E-state index is 5.99. The molecule has 0 saturated heterocycles. The fourth-order valence-corrected chi connectivity index (χ4v) is 2.68. The molecule has 0 saturated carbocycles. The van der Waals surface area contributed by atoms with E-state index in [0.717, 1.165) is 34.5 Å². The lowest BCUT2D eigenvalue weighted by Crippen LogP contribution is -2.33. The van der Waals surface area contributed by atoms with Crippen LogP contribution in [0.1, 0.15) is 5.56 Å². The number of anilines is 1. The van der Waals surface area contributed by atoms with Gasteiger partial charge >= 0.3 is 0 Å². The van der Waals surface area contributed by atoms with Crippen LogP contribution in [-0.4, -0.2) is 17.5 Å². The van der Waals surface area contributed by atoms with Crippen LogP contribution < -0.4 is 10.6 Å². The van der Waals surface area contributed by atoms with Crippen molar-refractivity contribution in [2.24, 2.45) is 4.40 Å². The summed E-state index contributed by atoms with van der Waals surface area (Å²) >= 11 is 7.44. The van der Waals surface area contributed by atoms with E-state index < -0.39 is 0 Å². The predicted octanol–water partition coefficient (Wildman–Crippen LogP) is 3.36. The Morgan fingerprint density at radius 3 is 2.90 bits per heavy atom. The third-order valence-corrected chi connectivity index (χ3v) is 3.95. The second-order valence-corrected chi connectivity index (χ2v) is 5.57. The third kappa shape index (κ3) is 3.23. The number of halogens is 1. The maximum absolute atomic E-state index is 5.99. The molecule has 0 aliphatic carbocycles. The highest BCUT2D eigenvalue weighted by atomic mass is 35.5. The Bertz CT molecular complexity index is 630. The summed E-state index contributed by atoms with van der Waals surface area (Å²) in [6.45, 7) is 0.812. The average molecular weight is 305 g/mol. The first kappa shape index (κ1) is 13.3. The van der Waals surface area contributed by atoms with Gasteiger partial charge in [0.25, 0.3) is 0 Å². The Balaban J connectivity index is 1.56. The van der Waals surface area contributed by atoms with Gasteiger partial charge in [-0.1, -0.05) is 11.6 Å². The standard InChI is InChI=1S/C14H13ClN4S/c15-11-1-2-13-12(9-11)18-14(19-20-13)17-8-5-10-3-6-16-7-4-10/h1-4,6-7,9H,5,8H2,(H2,17,18,19). The average Bonchev–Trinajstić information content (AvgIpc) is 2.48. The van der Waals surface area contributed by atoms with Crippen LogP contribution >= 0.6 is 23.5 Å². The zero-order valence-corrected chi connectivity index (χ0v) is 12.2. The summed E-state index contributed by atoms with van der Waals surface area (Å²) in [7, 11) is 0. The number of fused-ring (bicyclic) bond motifs is 1. The summed E-state index contributed by atoms with van der Waals surface area (Å²) in [5.41, 5.74) is 2.24. The highest BCUT2D eigenvalue weighted by Crippen LogP contribution is 2.33. The Morgan fingerprint density at radius 1 is 1.20 bits per heavy atom. The number of benzene rings is 1. The second kappa shape index (κ2) is 6.15. The number of nitrogens with zero attached hydrogens (tertiary/aromatic N) is 2. The van der Waals surface area contributed by atoms with Crippen molar-refractivity contribution in [3.63, 3.8) is 0 Å². The molecule has 0 atom stereocenters. The van der Waals surface area contributed by atoms with Crippen molar-refractivity contribution >= 4 is 35.2 Å². The van der Waals surface area contributed by atoms with Crippen LogP contribution in [0.4, 0.5) is 5.69 Å². The molecule has 6 heteroatoms. The number of rotatable bonds is 3. The Morgan fingerprint density at radius 2 is 2.05 bits per heavy atom. The van der Waals surface area contributed by atoms with Gasteiger partial charge in [0.15, 0.2) is 0 Å². The van der Waals surface area contributed by atoms with E-state index in [9.17, 15) is 0 Å². The summed E-state index contributed by atoms with van der Waals surface area (Å²) in [5.74, 6) is 0.763. The van der Waals surface area contributed by atoms with Crippen molar-refractivity contribution in [2.45, 2.75) is 11.3 Å². The molecule has 1 aliphatic heterocycles. The molecule has 1 aliphatic rings. The molecule has 4 nitrogen and oxygen atoms in total. The minimum absolute atomic E-state index is 0.717. The van der Waals surface area contributed by atoms with Crippen LogP contribution in [0.25, 0.3) is 0 Å². The minimum Gasteiger partial charge on any atom is -0.355 e. The molecular weight excluding hydrogens is 292 g/mol. The van der Waals surface area contributed by atoms with E-state index in [1.165, 1.54) is 17.5 Å². The normalized spacial score (nSPS) is 13.2. The highest BCUT2D eigenvalue weighted by Gasteiger charge is 2.12. The first-order valence-corrected chi connectivity index (χ1v) is 7.41. The predicted molar refractivity (Wildman–Crippen MR) is 84.3 cm³/mol. The molecule has 2 N–H and O–H groups in total. The molecule has 0 spiro atoms. The summed E-state index contributed by atoms with van der Waals surface area (Å²) in [6, 6.07) is 9.77. The van der Waals surface area contributed by atoms with Crippen molar-refractivity contribution < 1.29 is 0 Å². The molecule has 0 radical (unpaired) electrons. The molecule has 0 fully saturated rings. The maximum Gasteiger partial charge on any atom is 0.207 e. The Labute approximate surface area is 126 Å². The highest BCUT2D eigenvalue weighted by molar-refractivity contribution is 7.98. The fourth-order valence-electron chi connectivity index (χ4n) is 1.88. The van der Waals surface area contributed by atoms with Gasteiger partial charge in [-0.05, 0) is 42.3 Å². The third-order valence-electron chi connectivity index (χ3n) is 2.89. The van der Waals surface area contributed by atoms with Gasteiger partial charge in [0.1, 0.15) is 0 Å². The van der Waals surface area contributed by atoms with Gasteiger partial charge in [-0.25, -0.2) is 0 Å². The van der Waals surface area contributed by atoms with Gasteiger partial charge < -0.3 is 10.6 Å². The second-order valence-electron chi connectivity index (χ2n) is 4.33. The zero-order chi connectivity index (χ0) is 13.8. The van der Waals surface area contributed by atoms with E-state index >= 15 is 0 Å². The number of nitrogens with one attached hydrogen (secondary N) is 2. The first-order valence-electron chi connectivity index (χ1n) is 6.25. The largest absolute Gasteiger partial charge is 0.355 e. The molecule has 2 heterocycles. The van der Waals surface area contributed by atoms with Crippen LogP contribution in [0.15, 0.2) is 52.0 Å². The SMILES string of the molecule is Clc1ccc2c(c1)NC(NCCc1ccncc1)=NS2. The van der Waals surface area contributed by atoms with Gasteiger partial charge in [0.2, 0.25) is 5.96 Å². The van der Waals surface area contributed by atoms with Gasteiger partial charge in [0, 0.05) is 35.9 Å². The molecule has 1 aromatic heterocycles. The molecule has 1 aromatic carbocycles. The van der Waals surface area contributed by atoms with E-state index in [4.69, 9.17) is 11.6 Å². The summed E-state index contributed by atoms with van der Waals surface area (Å²) in [4.78, 5) is 5.08. The molecule has 3 rings (SSSR count). The van der Waals surface area contributed by atoms with Crippen molar-refractivity contribution in [1.82, 2.24) is 10.3 Å². The summed E-state index contributed by atoms with van der Waals surface area (Å²) < 4.78 is 4.39. The van der Waals surface area contributed by atoms with Gasteiger partial charge in [-0.2, -0.15) is 4.40 Å². The van der Waals surface area contributed by atoms with Crippen LogP contribution in [0, 0.1) is 0 Å². The van der Waals surface area contributed by atoms with Crippen LogP contribution in [0.5, 0.6) is 0 Å². The molecule has 0 bridgehead atoms. The smallest absolute Gasteiger partial charge is 0.207 e. The van der Waals surface area contributed by atoms with Crippen molar-refractivity contribution in [2.75, 3.05) is 11.9 Å². The Hall–Kier alpha value is -1.72. The number of guanidine groups is 1. The molecule has 0 amide bonds. The van der Waals surface area contributed by atoms with Crippen molar-refractivity contribution in [3.05, 3.63) is 53.3 Å². The lowest BCUT2D eigenvalue weighted by molar-refractivity contribution is 0.863. The molecule has 2 aromatic rings. The lowest BCUT2D eigenvalue weighted by Gasteiger charge is -2.18. The fraction of sp³-hybridized carbons (Fsp3) is 0.143. The number of pyridine rings is 1. The number of hydrogen-bond acceptors (Lipinski definition) is 5. The van der Waals surface area contributed by atoms with Crippen LogP contribution in [-0.2, 0) is 6.42 Å². The monoisotopic (exact) mass is 304 g/mol. The number of aromatic nitrogens is 1. The molecule has 0 unspecified atom stereocenters. The summed E-state index contributed by atoms with van der Waals surface area (Å²) in [5, 5.41) is 7.25. The summed E-state index contributed by atoms with van der Waals surface area (Å²) in [6.07, 6.45) is 4.54. The van der Waals surface area contributed by atoms with Crippen LogP contribution in [0.2, 0.25) is 5.02 Å². The van der Waals surface area contributed by atoms with E-state index in [1.54, 1.807) is 12.4 Å². The van der Waals surface area contributed by atoms with Gasteiger partial charge in [-0.3, -0.25) is 4.98 Å². The first-order chi connectivity index (χ1) is 9.81. The molecule has 20 heavy (non-hydrogen) atoms. The molecule has 102 valence electrons. The van der Waals surface area contributed by atoms with Crippen molar-refractivity contribution in [1.29, 1.82) is 0 Å². The van der Waals surface area contributed by atoms with E-state index in [1.807, 2.05) is 30.3 Å². The van der Waals surface area contributed by atoms with Crippen LogP contribution in [0.3, 0.4) is 0 Å². The van der Waals surface area contributed by atoms with Gasteiger partial charge in [-0.15, -0.1) is 0 Å². The zero-order valence-electron chi connectivity index (χ0n) is 10.6. The lowest BCUT2D eigenvalue weighted by atomic mass is 10.2. The van der Waals surface area contributed by atoms with E-state index in [2.05, 4.69) is 20.0 Å². The van der Waals surface area contributed by atoms with E-state index in [-0.39, 0.29) is 0 Å². The number of hydrogen-bond donors (Lipinski definition) is 2.